The third kappa shape index (κ3) is 4.56. The number of hydrogen-bond donors (Lipinski definition) is 3. The Hall–Kier alpha value is -2.49. The van der Waals surface area contributed by atoms with Gasteiger partial charge in [-0.3, -0.25) is 4.79 Å². The Balaban J connectivity index is 1.78. The van der Waals surface area contributed by atoms with Gasteiger partial charge >= 0.3 is 0 Å². The van der Waals surface area contributed by atoms with Crippen molar-refractivity contribution < 1.29 is 37.7 Å². The van der Waals surface area contributed by atoms with E-state index in [1.807, 2.05) is 0 Å². The quantitative estimate of drug-likeness (QED) is 0.284. The van der Waals surface area contributed by atoms with Gasteiger partial charge in [0.25, 0.3) is 5.91 Å². The highest BCUT2D eigenvalue weighted by atomic mass is 79.9. The molecule has 2 saturated heterocycles. The Morgan fingerprint density at radius 1 is 1.26 bits per heavy atom. The predicted octanol–water partition coefficient (Wildman–Crippen LogP) is 2.74. The van der Waals surface area contributed by atoms with Crippen LogP contribution in [0.2, 0.25) is 0 Å². The lowest BCUT2D eigenvalue weighted by atomic mass is 9.73. The molecule has 2 aromatic carbocycles. The number of hydrogen-bond acceptors (Lipinski definition) is 8. The fraction of sp³-hybridized carbons (Fsp3) is 0.400. The van der Waals surface area contributed by atoms with Gasteiger partial charge in [0.1, 0.15) is 35.0 Å². The Labute approximate surface area is 235 Å². The molecule has 1 aromatic heterocycles. The van der Waals surface area contributed by atoms with Crippen LogP contribution in [-0.4, -0.2) is 86.6 Å². The summed E-state index contributed by atoms with van der Waals surface area (Å²) in [7, 11) is 1.36. The van der Waals surface area contributed by atoms with E-state index < -0.39 is 53.3 Å². The van der Waals surface area contributed by atoms with Crippen LogP contribution in [0.1, 0.15) is 22.3 Å². The van der Waals surface area contributed by atoms with Crippen molar-refractivity contribution >= 4 is 34.5 Å². The monoisotopic (exact) mass is 628 g/mol. The van der Waals surface area contributed by atoms with E-state index in [0.717, 1.165) is 18.6 Å². The van der Waals surface area contributed by atoms with Crippen molar-refractivity contribution in [2.75, 3.05) is 26.8 Å². The number of amides is 1. The summed E-state index contributed by atoms with van der Waals surface area (Å²) in [5, 5.41) is 30.1. The maximum absolute atomic E-state index is 14.0. The predicted molar refractivity (Wildman–Crippen MR) is 139 cm³/mol. The van der Waals surface area contributed by atoms with Gasteiger partial charge in [-0.2, -0.15) is 0 Å². The second-order valence-corrected chi connectivity index (χ2v) is 10.7. The molecule has 5 rings (SSSR count). The molecule has 208 valence electrons. The lowest BCUT2D eigenvalue weighted by Crippen LogP contribution is -2.68. The Morgan fingerprint density at radius 2 is 1.95 bits per heavy atom. The molecule has 14 heteroatoms. The van der Waals surface area contributed by atoms with Gasteiger partial charge in [0.15, 0.2) is 17.5 Å². The molecule has 3 heterocycles. The van der Waals surface area contributed by atoms with Gasteiger partial charge < -0.3 is 24.6 Å². The highest BCUT2D eigenvalue weighted by Crippen LogP contribution is 2.46. The molecule has 2 aliphatic rings. The Bertz CT molecular complexity index is 1390. The fourth-order valence-corrected chi connectivity index (χ4v) is 6.01. The number of carbonyl (C=O) groups excluding carboxylic acids is 1. The van der Waals surface area contributed by atoms with Crippen LogP contribution in [0.15, 0.2) is 41.0 Å². The molecule has 5 atom stereocenters. The summed E-state index contributed by atoms with van der Waals surface area (Å²) in [5.74, 6) is -4.76. The molecule has 0 radical (unpaired) electrons. The molecule has 0 bridgehead atoms. The number of carbonyl (C=O) groups is 1. The van der Waals surface area contributed by atoms with Crippen LogP contribution in [0.4, 0.5) is 13.2 Å². The number of methoxy groups -OCH3 is 1. The van der Waals surface area contributed by atoms with Gasteiger partial charge in [-0.05, 0) is 42.3 Å². The van der Waals surface area contributed by atoms with Crippen LogP contribution in [0.3, 0.4) is 0 Å². The molecular weight excluding hydrogens is 605 g/mol. The van der Waals surface area contributed by atoms with E-state index in [0.29, 0.717) is 17.6 Å². The van der Waals surface area contributed by atoms with E-state index >= 15 is 0 Å². The number of aliphatic hydroxyl groups is 2. The van der Waals surface area contributed by atoms with Gasteiger partial charge in [0.2, 0.25) is 0 Å². The number of aliphatic hydroxyl groups excluding tert-OH is 2. The van der Waals surface area contributed by atoms with Crippen molar-refractivity contribution in [3.8, 4) is 11.3 Å². The van der Waals surface area contributed by atoms with Crippen molar-refractivity contribution in [1.82, 2.24) is 19.9 Å². The van der Waals surface area contributed by atoms with E-state index in [1.54, 1.807) is 23.1 Å². The zero-order chi connectivity index (χ0) is 28.1. The third-order valence-corrected chi connectivity index (χ3v) is 8.07. The zero-order valence-corrected chi connectivity index (χ0v) is 22.9. The molecule has 1 unspecified atom stereocenters. The zero-order valence-electron chi connectivity index (χ0n) is 20.5. The molecule has 9 nitrogen and oxygen atoms in total. The molecular formula is C25H24BrF3N4O5S. The second-order valence-electron chi connectivity index (χ2n) is 9.31. The first-order chi connectivity index (χ1) is 18.6. The van der Waals surface area contributed by atoms with Gasteiger partial charge in [-0.15, -0.1) is 17.7 Å². The number of thiol groups is 1. The minimum Gasteiger partial charge on any atom is -0.394 e. The maximum atomic E-state index is 14.0. The summed E-state index contributed by atoms with van der Waals surface area (Å²) in [6.45, 7) is 0.504. The highest BCUT2D eigenvalue weighted by molar-refractivity contribution is 9.10. The maximum Gasteiger partial charge on any atom is 0.254 e. The van der Waals surface area contributed by atoms with E-state index in [1.165, 1.54) is 18.0 Å². The summed E-state index contributed by atoms with van der Waals surface area (Å²) in [5.41, 5.74) is -2.49. The largest absolute Gasteiger partial charge is 0.394 e. The smallest absolute Gasteiger partial charge is 0.254 e. The summed E-state index contributed by atoms with van der Waals surface area (Å²) in [6, 6.07) is 6.44. The van der Waals surface area contributed by atoms with Crippen molar-refractivity contribution in [3.05, 3.63) is 69.6 Å². The van der Waals surface area contributed by atoms with Crippen LogP contribution in [-0.2, 0) is 15.0 Å². The number of ether oxygens (including phenoxy) is 2. The van der Waals surface area contributed by atoms with Gasteiger partial charge in [-0.1, -0.05) is 21.1 Å². The Kier molecular flexibility index (Phi) is 7.79. The average Bonchev–Trinajstić information content (AvgIpc) is 3.37. The molecule has 0 spiro atoms. The van der Waals surface area contributed by atoms with Gasteiger partial charge in [-0.25, -0.2) is 17.9 Å². The number of benzene rings is 2. The van der Waals surface area contributed by atoms with E-state index in [4.69, 9.17) is 9.47 Å². The summed E-state index contributed by atoms with van der Waals surface area (Å²) in [4.78, 5) is 15.2. The van der Waals surface area contributed by atoms with Crippen molar-refractivity contribution in [1.29, 1.82) is 0 Å². The second kappa shape index (κ2) is 10.8. The molecule has 2 aliphatic heterocycles. The van der Waals surface area contributed by atoms with Crippen molar-refractivity contribution in [2.24, 2.45) is 0 Å². The average molecular weight is 629 g/mol. The Morgan fingerprint density at radius 3 is 2.54 bits per heavy atom. The summed E-state index contributed by atoms with van der Waals surface area (Å²) < 4.78 is 54.9. The highest BCUT2D eigenvalue weighted by Gasteiger charge is 2.60. The minimum absolute atomic E-state index is 0.0531. The first kappa shape index (κ1) is 28.1. The molecule has 39 heavy (non-hydrogen) atoms. The topological polar surface area (TPSA) is 110 Å². The van der Waals surface area contributed by atoms with Crippen molar-refractivity contribution in [3.63, 3.8) is 0 Å². The van der Waals surface area contributed by atoms with Crippen LogP contribution in [0.5, 0.6) is 0 Å². The van der Waals surface area contributed by atoms with Gasteiger partial charge in [0.05, 0.1) is 12.8 Å². The normalized spacial score (nSPS) is 26.9. The lowest BCUT2D eigenvalue weighted by Gasteiger charge is -2.52. The fourth-order valence-electron chi connectivity index (χ4n) is 5.14. The number of nitrogens with zero attached hydrogens (tertiary/aromatic N) is 4. The molecule has 1 amide bonds. The number of rotatable bonds is 6. The first-order valence-electron chi connectivity index (χ1n) is 12.0. The van der Waals surface area contributed by atoms with Crippen LogP contribution in [0.25, 0.3) is 11.3 Å². The first-order valence-corrected chi connectivity index (χ1v) is 13.3. The molecule has 0 saturated carbocycles. The van der Waals surface area contributed by atoms with Crippen molar-refractivity contribution in [2.45, 2.75) is 35.7 Å². The number of halogens is 4. The van der Waals surface area contributed by atoms with E-state index in [-0.39, 0.29) is 28.3 Å². The molecule has 2 N–H and O–H groups in total. The standard InChI is InChI=1S/C25H24BrF3N4O5S/c1-37-22-24(39)38-19(11-34)21(35)25(22,15-9-13(26)3-4-14(15)23(36)32-5-2-6-32)33-10-18(30-31-33)12-7-16(27)20(29)17(28)8-12/h3-4,7-10,19,21-22,24,34-35,39H,2,5-6,11H2,1H3/t19-,21+,22+,24-,25?/m1/s1. The van der Waals surface area contributed by atoms with Crippen LogP contribution in [0, 0.1) is 17.5 Å². The number of aromatic nitrogens is 3. The van der Waals surface area contributed by atoms with E-state index in [2.05, 4.69) is 38.9 Å². The minimum atomic E-state index is -1.78. The third-order valence-electron chi connectivity index (χ3n) is 7.18. The molecule has 2 fully saturated rings. The summed E-state index contributed by atoms with van der Waals surface area (Å²) in [6.07, 6.45) is -1.75. The summed E-state index contributed by atoms with van der Waals surface area (Å²) >= 11 is 7.96. The molecule has 0 aliphatic carbocycles. The van der Waals surface area contributed by atoms with Crippen LogP contribution >= 0.6 is 28.6 Å². The van der Waals surface area contributed by atoms with E-state index in [9.17, 15) is 28.2 Å². The lowest BCUT2D eigenvalue weighted by molar-refractivity contribution is -0.213. The molecule has 3 aromatic rings. The SMILES string of the molecule is CO[C@H]1[C@@H](S)O[C@H](CO)[C@H](O)C1(c1cc(Br)ccc1C(=O)N1CCC1)n1cc(-c2cc(F)c(F)c(F)c2)nn1. The van der Waals surface area contributed by atoms with Crippen LogP contribution < -0.4 is 0 Å². The number of likely N-dealkylation sites (tertiary alicyclic amines) is 1. The van der Waals surface area contributed by atoms with Gasteiger partial charge in [0, 0.05) is 35.8 Å².